The number of amides is 1. The van der Waals surface area contributed by atoms with Crippen LogP contribution in [0.3, 0.4) is 0 Å². The van der Waals surface area contributed by atoms with Crippen LogP contribution >= 0.6 is 0 Å². The standard InChI is InChI=1S/C26H36N4O/c1-17(2)12-21(13-18(3)27)22-14-20-6-9-28-16-24(20)25(15-22)29-23-7-10-30(11-8-23)26(31)19-4-5-19/h6,9,13-17,19,21,23,29H,4-5,7-8,10-12,27H2,1-3H3/b18-13-. The summed E-state index contributed by atoms with van der Waals surface area (Å²) in [6.07, 6.45) is 11.2. The third kappa shape index (κ3) is 5.38. The Bertz CT molecular complexity index is 951. The van der Waals surface area contributed by atoms with Gasteiger partial charge in [0.15, 0.2) is 0 Å². The van der Waals surface area contributed by atoms with Crippen LogP contribution in [0.25, 0.3) is 10.8 Å². The third-order valence-electron chi connectivity index (χ3n) is 6.49. The van der Waals surface area contributed by atoms with Crippen LogP contribution in [0.5, 0.6) is 0 Å². The van der Waals surface area contributed by atoms with E-state index in [1.165, 1.54) is 10.9 Å². The van der Waals surface area contributed by atoms with E-state index in [2.05, 4.69) is 53.3 Å². The molecular weight excluding hydrogens is 384 g/mol. The molecule has 1 aromatic heterocycles. The highest BCUT2D eigenvalue weighted by Crippen LogP contribution is 2.35. The molecule has 166 valence electrons. The van der Waals surface area contributed by atoms with Crippen LogP contribution in [0.2, 0.25) is 0 Å². The SMILES string of the molecule is C/C(N)=C/C(CC(C)C)c1cc(NC2CCN(C(=O)C3CC3)CC2)c2cnccc2c1. The summed E-state index contributed by atoms with van der Waals surface area (Å²) in [5, 5.41) is 6.15. The minimum Gasteiger partial charge on any atom is -0.403 e. The molecule has 1 saturated heterocycles. The first-order chi connectivity index (χ1) is 14.9. The zero-order valence-electron chi connectivity index (χ0n) is 19.1. The van der Waals surface area contributed by atoms with Crippen molar-refractivity contribution >= 4 is 22.4 Å². The lowest BCUT2D eigenvalue weighted by Crippen LogP contribution is -2.43. The molecule has 5 heteroatoms. The molecular formula is C26H36N4O. The van der Waals surface area contributed by atoms with E-state index in [0.29, 0.717) is 29.7 Å². The van der Waals surface area contributed by atoms with E-state index in [9.17, 15) is 4.79 Å². The number of aromatic nitrogens is 1. The number of hydrogen-bond acceptors (Lipinski definition) is 4. The van der Waals surface area contributed by atoms with Gasteiger partial charge in [-0.1, -0.05) is 26.0 Å². The van der Waals surface area contributed by atoms with Gasteiger partial charge < -0.3 is 16.0 Å². The van der Waals surface area contributed by atoms with Crippen molar-refractivity contribution in [3.05, 3.63) is 47.9 Å². The van der Waals surface area contributed by atoms with Crippen molar-refractivity contribution in [2.24, 2.45) is 17.6 Å². The second-order valence-corrected chi connectivity index (χ2v) is 9.83. The fourth-order valence-corrected chi connectivity index (χ4v) is 4.73. The van der Waals surface area contributed by atoms with E-state index in [0.717, 1.165) is 62.0 Å². The molecule has 1 aromatic carbocycles. The molecule has 1 aliphatic heterocycles. The number of nitrogens with two attached hydrogens (primary N) is 1. The molecule has 2 fully saturated rings. The van der Waals surface area contributed by atoms with E-state index < -0.39 is 0 Å². The molecule has 1 aliphatic carbocycles. The number of hydrogen-bond donors (Lipinski definition) is 2. The molecule has 4 rings (SSSR count). The monoisotopic (exact) mass is 420 g/mol. The molecule has 2 aromatic rings. The molecule has 1 unspecified atom stereocenters. The Balaban J connectivity index is 1.56. The van der Waals surface area contributed by atoms with Crippen molar-refractivity contribution in [1.29, 1.82) is 0 Å². The maximum atomic E-state index is 12.4. The summed E-state index contributed by atoms with van der Waals surface area (Å²) >= 11 is 0. The molecule has 5 nitrogen and oxygen atoms in total. The molecule has 3 N–H and O–H groups in total. The predicted octanol–water partition coefficient (Wildman–Crippen LogP) is 5.04. The first kappa shape index (κ1) is 21.7. The molecule has 2 aliphatic rings. The smallest absolute Gasteiger partial charge is 0.225 e. The largest absolute Gasteiger partial charge is 0.403 e. The zero-order chi connectivity index (χ0) is 22.0. The Hall–Kier alpha value is -2.56. The van der Waals surface area contributed by atoms with Crippen LogP contribution in [0.15, 0.2) is 42.4 Å². The normalized spacial score (nSPS) is 19.1. The number of piperidine rings is 1. The number of anilines is 1. The van der Waals surface area contributed by atoms with E-state index in [1.54, 1.807) is 0 Å². The highest BCUT2D eigenvalue weighted by Gasteiger charge is 2.35. The molecule has 31 heavy (non-hydrogen) atoms. The number of nitrogens with zero attached hydrogens (tertiary/aromatic N) is 2. The zero-order valence-corrected chi connectivity index (χ0v) is 19.1. The second kappa shape index (κ2) is 9.29. The fourth-order valence-electron chi connectivity index (χ4n) is 4.73. The van der Waals surface area contributed by atoms with Gasteiger partial charge in [-0.05, 0) is 68.0 Å². The van der Waals surface area contributed by atoms with Crippen molar-refractivity contribution in [2.45, 2.75) is 64.8 Å². The summed E-state index contributed by atoms with van der Waals surface area (Å²) in [5.41, 5.74) is 9.37. The number of fused-ring (bicyclic) bond motifs is 1. The number of nitrogens with one attached hydrogen (secondary N) is 1. The first-order valence-corrected chi connectivity index (χ1v) is 11.8. The summed E-state index contributed by atoms with van der Waals surface area (Å²) in [5.74, 6) is 1.56. The number of pyridine rings is 1. The van der Waals surface area contributed by atoms with Crippen molar-refractivity contribution < 1.29 is 4.79 Å². The van der Waals surface area contributed by atoms with Crippen LogP contribution in [0.4, 0.5) is 5.69 Å². The van der Waals surface area contributed by atoms with Gasteiger partial charge in [0.1, 0.15) is 0 Å². The number of likely N-dealkylation sites (tertiary alicyclic amines) is 1. The Morgan fingerprint density at radius 3 is 2.65 bits per heavy atom. The van der Waals surface area contributed by atoms with Crippen molar-refractivity contribution in [3.63, 3.8) is 0 Å². The summed E-state index contributed by atoms with van der Waals surface area (Å²) in [6.45, 7) is 8.19. The van der Waals surface area contributed by atoms with E-state index >= 15 is 0 Å². The molecule has 1 atom stereocenters. The molecule has 2 heterocycles. The fraction of sp³-hybridized carbons (Fsp3) is 0.538. The molecule has 1 amide bonds. The van der Waals surface area contributed by atoms with E-state index in [1.807, 2.05) is 19.3 Å². The molecule has 0 spiro atoms. The first-order valence-electron chi connectivity index (χ1n) is 11.8. The topological polar surface area (TPSA) is 71.2 Å². The highest BCUT2D eigenvalue weighted by molar-refractivity contribution is 5.94. The van der Waals surface area contributed by atoms with Crippen LogP contribution < -0.4 is 11.1 Å². The van der Waals surface area contributed by atoms with Crippen molar-refractivity contribution in [3.8, 4) is 0 Å². The van der Waals surface area contributed by atoms with Crippen molar-refractivity contribution in [1.82, 2.24) is 9.88 Å². The maximum Gasteiger partial charge on any atom is 0.225 e. The van der Waals surface area contributed by atoms with Gasteiger partial charge >= 0.3 is 0 Å². The number of allylic oxidation sites excluding steroid dienone is 2. The lowest BCUT2D eigenvalue weighted by atomic mass is 9.88. The number of benzene rings is 1. The average Bonchev–Trinajstić information content (AvgIpc) is 3.58. The molecule has 0 radical (unpaired) electrons. The molecule has 0 bridgehead atoms. The van der Waals surface area contributed by atoms with Gasteiger partial charge in [-0.2, -0.15) is 0 Å². The van der Waals surface area contributed by atoms with Gasteiger partial charge in [0.25, 0.3) is 0 Å². The highest BCUT2D eigenvalue weighted by atomic mass is 16.2. The Labute approximate surface area is 186 Å². The van der Waals surface area contributed by atoms with E-state index in [-0.39, 0.29) is 0 Å². The van der Waals surface area contributed by atoms with Crippen LogP contribution in [0, 0.1) is 11.8 Å². The average molecular weight is 421 g/mol. The van der Waals surface area contributed by atoms with E-state index in [4.69, 9.17) is 5.73 Å². The van der Waals surface area contributed by atoms with Crippen LogP contribution in [-0.2, 0) is 4.79 Å². The second-order valence-electron chi connectivity index (χ2n) is 9.83. The Kier molecular flexibility index (Phi) is 6.49. The summed E-state index contributed by atoms with van der Waals surface area (Å²) in [4.78, 5) is 18.8. The van der Waals surface area contributed by atoms with Gasteiger partial charge in [-0.25, -0.2) is 0 Å². The Morgan fingerprint density at radius 1 is 1.26 bits per heavy atom. The predicted molar refractivity (Wildman–Crippen MR) is 128 cm³/mol. The van der Waals surface area contributed by atoms with Gasteiger partial charge in [0.2, 0.25) is 5.91 Å². The minimum atomic E-state index is 0.293. The number of carbonyl (C=O) groups excluding carboxylic acids is 1. The van der Waals surface area contributed by atoms with Crippen molar-refractivity contribution in [2.75, 3.05) is 18.4 Å². The van der Waals surface area contributed by atoms with Crippen LogP contribution in [-0.4, -0.2) is 34.9 Å². The lowest BCUT2D eigenvalue weighted by molar-refractivity contribution is -0.133. The maximum absolute atomic E-state index is 12.4. The number of rotatable bonds is 7. The Morgan fingerprint density at radius 2 is 2.00 bits per heavy atom. The van der Waals surface area contributed by atoms with Gasteiger partial charge in [-0.15, -0.1) is 0 Å². The lowest BCUT2D eigenvalue weighted by Gasteiger charge is -2.33. The minimum absolute atomic E-state index is 0.293. The quantitative estimate of drug-likeness (QED) is 0.658. The summed E-state index contributed by atoms with van der Waals surface area (Å²) < 4.78 is 0. The van der Waals surface area contributed by atoms with Crippen LogP contribution in [0.1, 0.15) is 64.4 Å². The summed E-state index contributed by atoms with van der Waals surface area (Å²) in [6, 6.07) is 7.04. The third-order valence-corrected chi connectivity index (χ3v) is 6.49. The van der Waals surface area contributed by atoms with Gasteiger partial charge in [0, 0.05) is 60.1 Å². The molecule has 1 saturated carbocycles. The summed E-state index contributed by atoms with van der Waals surface area (Å²) in [7, 11) is 0. The van der Waals surface area contributed by atoms with Gasteiger partial charge in [-0.3, -0.25) is 9.78 Å². The number of carbonyl (C=O) groups is 1. The van der Waals surface area contributed by atoms with Gasteiger partial charge in [0.05, 0.1) is 0 Å².